The number of aromatic nitrogens is 1. The topological polar surface area (TPSA) is 82.3 Å². The van der Waals surface area contributed by atoms with E-state index in [1.165, 1.54) is 37.3 Å². The summed E-state index contributed by atoms with van der Waals surface area (Å²) in [6, 6.07) is 8.34. The third-order valence-corrected chi connectivity index (χ3v) is 3.37. The summed E-state index contributed by atoms with van der Waals surface area (Å²) in [6.07, 6.45) is -0.0656. The third-order valence-electron chi connectivity index (χ3n) is 2.88. The zero-order chi connectivity index (χ0) is 17.0. The highest BCUT2D eigenvalue weighted by Crippen LogP contribution is 2.19. The Kier molecular flexibility index (Phi) is 5.28. The first-order valence-corrected chi connectivity index (χ1v) is 7.33. The Bertz CT molecular complexity index is 754. The maximum absolute atomic E-state index is 13.7. The first-order chi connectivity index (χ1) is 10.9. The van der Waals surface area contributed by atoms with E-state index in [1.807, 2.05) is 0 Å². The molecule has 1 aromatic carbocycles. The van der Waals surface area contributed by atoms with E-state index in [1.54, 1.807) is 6.07 Å². The fourth-order valence-corrected chi connectivity index (χ4v) is 2.02. The van der Waals surface area contributed by atoms with Gasteiger partial charge in [0, 0.05) is 16.6 Å². The highest BCUT2D eigenvalue weighted by molar-refractivity contribution is 9.10. The lowest BCUT2D eigenvalue weighted by molar-refractivity contribution is -0.608. The lowest BCUT2D eigenvalue weighted by Crippen LogP contribution is -2.37. The Hall–Kier alpha value is -2.48. The van der Waals surface area contributed by atoms with Crippen molar-refractivity contribution < 1.29 is 23.4 Å². The van der Waals surface area contributed by atoms with Crippen LogP contribution in [0, 0.1) is 11.0 Å². The molecule has 0 spiro atoms. The van der Waals surface area contributed by atoms with Gasteiger partial charge in [-0.3, -0.25) is 4.79 Å². The number of ether oxygens (including phenoxy) is 1. The summed E-state index contributed by atoms with van der Waals surface area (Å²) in [5.74, 6) is -2.29. The van der Waals surface area contributed by atoms with Crippen LogP contribution in [0.5, 0.6) is 0 Å². The minimum absolute atomic E-state index is 0.0419. The molecule has 1 heterocycles. The van der Waals surface area contributed by atoms with Crippen LogP contribution in [0.25, 0.3) is 0 Å². The van der Waals surface area contributed by atoms with Gasteiger partial charge in [-0.15, -0.1) is 0 Å². The molecule has 8 heteroatoms. The van der Waals surface area contributed by atoms with Gasteiger partial charge < -0.3 is 15.3 Å². The van der Waals surface area contributed by atoms with Crippen molar-refractivity contribution in [1.82, 2.24) is 0 Å². The van der Waals surface area contributed by atoms with Gasteiger partial charge in [0.05, 0.1) is 5.69 Å². The molecule has 0 unspecified atom stereocenters. The summed E-state index contributed by atoms with van der Waals surface area (Å²) in [4.78, 5) is 23.8. The number of carbonyl (C=O) groups excluding carboxylic acids is 2. The standard InChI is InChI=1S/C15H12BrFN2O4/c1-9(23-15(21)13-4-2-3-7-19(13)22)14(20)18-12-6-5-10(16)8-11(12)17/h2-9H,1H3,(H,18,20)/t9-/m1/s1. The molecule has 1 atom stereocenters. The molecule has 2 rings (SSSR count). The van der Waals surface area contributed by atoms with Gasteiger partial charge in [0.2, 0.25) is 0 Å². The van der Waals surface area contributed by atoms with Crippen molar-refractivity contribution in [2.45, 2.75) is 13.0 Å². The summed E-state index contributed by atoms with van der Waals surface area (Å²) < 4.78 is 19.4. The molecule has 23 heavy (non-hydrogen) atoms. The molecule has 1 N–H and O–H groups in total. The maximum atomic E-state index is 13.7. The van der Waals surface area contributed by atoms with Crippen LogP contribution in [0.1, 0.15) is 17.4 Å². The lowest BCUT2D eigenvalue weighted by atomic mass is 10.3. The molecule has 2 aromatic rings. The van der Waals surface area contributed by atoms with E-state index in [9.17, 15) is 19.2 Å². The minimum Gasteiger partial charge on any atom is -0.618 e. The van der Waals surface area contributed by atoms with Crippen LogP contribution in [0.4, 0.5) is 10.1 Å². The summed E-state index contributed by atoms with van der Waals surface area (Å²) in [5.41, 5.74) is -0.290. The van der Waals surface area contributed by atoms with Gasteiger partial charge in [0.15, 0.2) is 12.3 Å². The van der Waals surface area contributed by atoms with Gasteiger partial charge in [0.1, 0.15) is 5.82 Å². The van der Waals surface area contributed by atoms with Crippen molar-refractivity contribution in [2.75, 3.05) is 5.32 Å². The number of nitrogens with zero attached hydrogens (tertiary/aromatic N) is 1. The molecular weight excluding hydrogens is 371 g/mol. The molecule has 1 aromatic heterocycles. The second-order valence-electron chi connectivity index (χ2n) is 4.57. The monoisotopic (exact) mass is 382 g/mol. The van der Waals surface area contributed by atoms with Crippen LogP contribution < -0.4 is 10.0 Å². The lowest BCUT2D eigenvalue weighted by Gasteiger charge is -2.13. The molecule has 0 fully saturated rings. The van der Waals surface area contributed by atoms with Crippen LogP contribution in [0.15, 0.2) is 47.1 Å². The maximum Gasteiger partial charge on any atom is 0.405 e. The second-order valence-corrected chi connectivity index (χ2v) is 5.49. The van der Waals surface area contributed by atoms with E-state index in [0.29, 0.717) is 9.20 Å². The molecule has 0 aliphatic carbocycles. The first kappa shape index (κ1) is 16.9. The Balaban J connectivity index is 2.03. The number of rotatable bonds is 4. The van der Waals surface area contributed by atoms with Crippen molar-refractivity contribution in [1.29, 1.82) is 0 Å². The zero-order valence-corrected chi connectivity index (χ0v) is 13.5. The Morgan fingerprint density at radius 2 is 2.09 bits per heavy atom. The van der Waals surface area contributed by atoms with Gasteiger partial charge in [-0.2, -0.15) is 4.73 Å². The van der Waals surface area contributed by atoms with Gasteiger partial charge in [-0.1, -0.05) is 15.9 Å². The third kappa shape index (κ3) is 4.26. The Labute approximate surface area is 139 Å². The molecule has 0 bridgehead atoms. The minimum atomic E-state index is -1.20. The SMILES string of the molecule is C[C@@H](OC(=O)c1cccc[n+]1[O-])C(=O)Nc1ccc(Br)cc1F. The zero-order valence-electron chi connectivity index (χ0n) is 12.0. The van der Waals surface area contributed by atoms with Crippen LogP contribution in [-0.2, 0) is 9.53 Å². The fraction of sp³-hybridized carbons (Fsp3) is 0.133. The molecule has 0 aliphatic heterocycles. The highest BCUT2D eigenvalue weighted by Gasteiger charge is 2.24. The first-order valence-electron chi connectivity index (χ1n) is 6.53. The molecule has 0 saturated carbocycles. The number of halogens is 2. The smallest absolute Gasteiger partial charge is 0.405 e. The summed E-state index contributed by atoms with van der Waals surface area (Å²) >= 11 is 3.10. The molecule has 0 aliphatic rings. The van der Waals surface area contributed by atoms with E-state index in [0.717, 1.165) is 6.20 Å². The molecule has 0 radical (unpaired) electrons. The predicted molar refractivity (Wildman–Crippen MR) is 83.0 cm³/mol. The number of anilines is 1. The van der Waals surface area contributed by atoms with Crippen molar-refractivity contribution in [3.05, 3.63) is 63.8 Å². The van der Waals surface area contributed by atoms with E-state index >= 15 is 0 Å². The Morgan fingerprint density at radius 3 is 2.74 bits per heavy atom. The van der Waals surface area contributed by atoms with Gasteiger partial charge in [-0.05, 0) is 31.2 Å². The fourth-order valence-electron chi connectivity index (χ4n) is 1.69. The molecular formula is C15H12BrFN2O4. The number of amides is 1. The summed E-state index contributed by atoms with van der Waals surface area (Å²) in [7, 11) is 0. The number of pyridine rings is 1. The molecule has 0 saturated heterocycles. The van der Waals surface area contributed by atoms with Crippen molar-refractivity contribution in [3.8, 4) is 0 Å². The van der Waals surface area contributed by atoms with Crippen molar-refractivity contribution in [2.24, 2.45) is 0 Å². The van der Waals surface area contributed by atoms with Crippen molar-refractivity contribution in [3.63, 3.8) is 0 Å². The van der Waals surface area contributed by atoms with Crippen LogP contribution in [-0.4, -0.2) is 18.0 Å². The van der Waals surface area contributed by atoms with Gasteiger partial charge in [-0.25, -0.2) is 9.18 Å². The van der Waals surface area contributed by atoms with E-state index < -0.39 is 23.8 Å². The number of hydrogen-bond donors (Lipinski definition) is 1. The van der Waals surface area contributed by atoms with Crippen molar-refractivity contribution >= 4 is 33.5 Å². The summed E-state index contributed by atoms with van der Waals surface area (Å²) in [6.45, 7) is 1.32. The molecule has 120 valence electrons. The average Bonchev–Trinajstić information content (AvgIpc) is 2.50. The number of benzene rings is 1. The van der Waals surface area contributed by atoms with Crippen LogP contribution in [0.2, 0.25) is 0 Å². The van der Waals surface area contributed by atoms with Crippen LogP contribution in [0.3, 0.4) is 0 Å². The van der Waals surface area contributed by atoms with E-state index in [-0.39, 0.29) is 11.4 Å². The predicted octanol–water partition coefficient (Wildman–Crippen LogP) is 2.41. The number of esters is 1. The number of hydrogen-bond acceptors (Lipinski definition) is 4. The van der Waals surface area contributed by atoms with Gasteiger partial charge in [0.25, 0.3) is 5.91 Å². The average molecular weight is 383 g/mol. The van der Waals surface area contributed by atoms with E-state index in [4.69, 9.17) is 4.74 Å². The molecule has 1 amide bonds. The summed E-state index contributed by atoms with van der Waals surface area (Å²) in [5, 5.41) is 13.8. The second kappa shape index (κ2) is 7.19. The van der Waals surface area contributed by atoms with Gasteiger partial charge >= 0.3 is 11.7 Å². The largest absolute Gasteiger partial charge is 0.618 e. The normalized spacial score (nSPS) is 11.6. The molecule has 6 nitrogen and oxygen atoms in total. The van der Waals surface area contributed by atoms with Crippen LogP contribution >= 0.6 is 15.9 Å². The number of carbonyl (C=O) groups is 2. The Morgan fingerprint density at radius 1 is 1.35 bits per heavy atom. The quantitative estimate of drug-likeness (QED) is 0.500. The van der Waals surface area contributed by atoms with E-state index in [2.05, 4.69) is 21.2 Å². The number of nitrogens with one attached hydrogen (secondary N) is 1. The highest BCUT2D eigenvalue weighted by atomic mass is 79.9.